The zero-order chi connectivity index (χ0) is 13.1. The number of rotatable bonds is 4. The summed E-state index contributed by atoms with van der Waals surface area (Å²) in [6, 6.07) is 7.84. The summed E-state index contributed by atoms with van der Waals surface area (Å²) in [5.74, 6) is 1.38. The molecule has 0 atom stereocenters. The maximum absolute atomic E-state index is 6.11. The molecule has 2 rings (SSSR count). The molecule has 4 heteroatoms. The zero-order valence-electron chi connectivity index (χ0n) is 10.4. The number of hydrogen-bond acceptors (Lipinski definition) is 2. The van der Waals surface area contributed by atoms with Crippen LogP contribution in [0.2, 0.25) is 5.15 Å². The van der Waals surface area contributed by atoms with Gasteiger partial charge in [0.25, 0.3) is 0 Å². The Hall–Kier alpha value is -0.990. The first kappa shape index (κ1) is 13.4. The molecule has 0 aliphatic rings. The molecular weight excluding hydrogens is 269 g/mol. The lowest BCUT2D eigenvalue weighted by molar-refractivity contribution is 0.243. The van der Waals surface area contributed by atoms with E-state index in [2.05, 4.69) is 4.98 Å². The minimum atomic E-state index is 0.157. The number of ether oxygens (including phenoxy) is 1. The van der Waals surface area contributed by atoms with Crippen LogP contribution < -0.4 is 4.74 Å². The topological polar surface area (TPSA) is 22.1 Å². The Balaban J connectivity index is 2.44. The van der Waals surface area contributed by atoms with Gasteiger partial charge in [-0.15, -0.1) is 11.6 Å². The Bertz CT molecular complexity index is 555. The van der Waals surface area contributed by atoms with Gasteiger partial charge in [0.1, 0.15) is 10.9 Å². The molecule has 2 aromatic rings. The monoisotopic (exact) mass is 283 g/mol. The van der Waals surface area contributed by atoms with Crippen molar-refractivity contribution in [3.8, 4) is 5.75 Å². The van der Waals surface area contributed by atoms with Gasteiger partial charge in [0.15, 0.2) is 0 Å². The lowest BCUT2D eigenvalue weighted by Crippen LogP contribution is -2.05. The van der Waals surface area contributed by atoms with Gasteiger partial charge >= 0.3 is 0 Å². The fourth-order valence-electron chi connectivity index (χ4n) is 1.80. The van der Waals surface area contributed by atoms with E-state index in [9.17, 15) is 0 Å². The van der Waals surface area contributed by atoms with Crippen LogP contribution in [0.25, 0.3) is 10.9 Å². The Morgan fingerprint density at radius 2 is 2.06 bits per heavy atom. The van der Waals surface area contributed by atoms with Gasteiger partial charge in [-0.1, -0.05) is 11.6 Å². The maximum Gasteiger partial charge on any atom is 0.133 e. The number of aromatic nitrogens is 1. The van der Waals surface area contributed by atoms with E-state index in [0.29, 0.717) is 11.0 Å². The van der Waals surface area contributed by atoms with E-state index in [1.54, 1.807) is 0 Å². The molecule has 1 aromatic carbocycles. The molecular formula is C14H15Cl2NO. The van der Waals surface area contributed by atoms with Gasteiger partial charge in [-0.3, -0.25) is 0 Å². The molecule has 0 radical (unpaired) electrons. The number of halogens is 2. The second-order valence-corrected chi connectivity index (χ2v) is 5.13. The highest BCUT2D eigenvalue weighted by molar-refractivity contribution is 6.30. The molecule has 18 heavy (non-hydrogen) atoms. The lowest BCUT2D eigenvalue weighted by Gasteiger charge is -2.11. The van der Waals surface area contributed by atoms with Crippen molar-refractivity contribution in [1.82, 2.24) is 4.98 Å². The largest absolute Gasteiger partial charge is 0.491 e. The predicted octanol–water partition coefficient (Wildman–Crippen LogP) is 4.46. The summed E-state index contributed by atoms with van der Waals surface area (Å²) < 4.78 is 5.67. The highest BCUT2D eigenvalue weighted by Crippen LogP contribution is 2.25. The quantitative estimate of drug-likeness (QED) is 0.611. The van der Waals surface area contributed by atoms with E-state index < -0.39 is 0 Å². The van der Waals surface area contributed by atoms with Crippen LogP contribution in [0.15, 0.2) is 24.3 Å². The van der Waals surface area contributed by atoms with Gasteiger partial charge in [-0.2, -0.15) is 0 Å². The average Bonchev–Trinajstić information content (AvgIpc) is 2.30. The van der Waals surface area contributed by atoms with Crippen LogP contribution in [0.5, 0.6) is 5.75 Å². The zero-order valence-corrected chi connectivity index (χ0v) is 11.9. The van der Waals surface area contributed by atoms with Crippen molar-refractivity contribution in [2.45, 2.75) is 26.4 Å². The Kier molecular flexibility index (Phi) is 4.31. The number of aryl methyl sites for hydroxylation is 1. The van der Waals surface area contributed by atoms with Crippen molar-refractivity contribution in [1.29, 1.82) is 0 Å². The number of alkyl halides is 1. The van der Waals surface area contributed by atoms with Crippen LogP contribution >= 0.6 is 23.2 Å². The lowest BCUT2D eigenvalue weighted by atomic mass is 10.1. The molecule has 0 fully saturated rings. The van der Waals surface area contributed by atoms with Crippen molar-refractivity contribution in [2.24, 2.45) is 0 Å². The fraction of sp³-hybridized carbons (Fsp3) is 0.357. The molecule has 0 saturated carbocycles. The van der Waals surface area contributed by atoms with Crippen LogP contribution in [-0.4, -0.2) is 17.0 Å². The third kappa shape index (κ3) is 3.06. The summed E-state index contributed by atoms with van der Waals surface area (Å²) in [5, 5.41) is 1.55. The summed E-state index contributed by atoms with van der Waals surface area (Å²) >= 11 is 11.9. The van der Waals surface area contributed by atoms with E-state index in [4.69, 9.17) is 27.9 Å². The van der Waals surface area contributed by atoms with Crippen LogP contribution in [0.4, 0.5) is 0 Å². The summed E-state index contributed by atoms with van der Waals surface area (Å²) in [7, 11) is 0. The van der Waals surface area contributed by atoms with Crippen molar-refractivity contribution >= 4 is 34.1 Å². The molecule has 0 spiro atoms. The minimum Gasteiger partial charge on any atom is -0.491 e. The first-order valence-corrected chi connectivity index (χ1v) is 6.83. The Labute approximate surface area is 117 Å². The Morgan fingerprint density at radius 3 is 2.72 bits per heavy atom. The van der Waals surface area contributed by atoms with Gasteiger partial charge in [0, 0.05) is 11.3 Å². The average molecular weight is 284 g/mol. The standard InChI is InChI=1S/C14H15Cl2NO/c1-9(2)18-12-3-4-13-11(8-12)7-10(5-6-15)14(16)17-13/h3-4,7-9H,5-6H2,1-2H3. The third-order valence-corrected chi connectivity index (χ3v) is 3.06. The number of fused-ring (bicyclic) bond motifs is 1. The van der Waals surface area contributed by atoms with Crippen molar-refractivity contribution < 1.29 is 4.74 Å². The van der Waals surface area contributed by atoms with E-state index in [-0.39, 0.29) is 6.10 Å². The first-order valence-electron chi connectivity index (χ1n) is 5.92. The van der Waals surface area contributed by atoms with E-state index in [1.807, 2.05) is 38.1 Å². The summed E-state index contributed by atoms with van der Waals surface area (Å²) in [4.78, 5) is 4.37. The number of benzene rings is 1. The van der Waals surface area contributed by atoms with Gasteiger partial charge in [-0.25, -0.2) is 4.98 Å². The summed E-state index contributed by atoms with van der Waals surface area (Å²) in [6.45, 7) is 4.01. The molecule has 1 aromatic heterocycles. The van der Waals surface area contributed by atoms with E-state index in [0.717, 1.165) is 28.6 Å². The maximum atomic E-state index is 6.11. The van der Waals surface area contributed by atoms with Crippen molar-refractivity contribution in [2.75, 3.05) is 5.88 Å². The van der Waals surface area contributed by atoms with Crippen molar-refractivity contribution in [3.63, 3.8) is 0 Å². The van der Waals surface area contributed by atoms with Crippen LogP contribution in [0.3, 0.4) is 0 Å². The van der Waals surface area contributed by atoms with Crippen LogP contribution in [0, 0.1) is 0 Å². The van der Waals surface area contributed by atoms with Crippen molar-refractivity contribution in [3.05, 3.63) is 35.0 Å². The molecule has 0 unspecified atom stereocenters. The second kappa shape index (κ2) is 5.77. The predicted molar refractivity (Wildman–Crippen MR) is 76.9 cm³/mol. The van der Waals surface area contributed by atoms with Crippen LogP contribution in [-0.2, 0) is 6.42 Å². The normalized spacial score (nSPS) is 11.2. The van der Waals surface area contributed by atoms with E-state index in [1.165, 1.54) is 0 Å². The number of nitrogens with zero attached hydrogens (tertiary/aromatic N) is 1. The smallest absolute Gasteiger partial charge is 0.133 e. The van der Waals surface area contributed by atoms with Gasteiger partial charge in [0.2, 0.25) is 0 Å². The molecule has 0 amide bonds. The molecule has 0 bridgehead atoms. The fourth-order valence-corrected chi connectivity index (χ4v) is 2.24. The molecule has 96 valence electrons. The molecule has 0 aliphatic carbocycles. The molecule has 0 saturated heterocycles. The first-order chi connectivity index (χ1) is 8.60. The van der Waals surface area contributed by atoms with Crippen LogP contribution in [0.1, 0.15) is 19.4 Å². The molecule has 0 aliphatic heterocycles. The summed E-state index contributed by atoms with van der Waals surface area (Å²) in [6.07, 6.45) is 0.878. The number of pyridine rings is 1. The van der Waals surface area contributed by atoms with Gasteiger partial charge in [-0.05, 0) is 50.1 Å². The highest BCUT2D eigenvalue weighted by Gasteiger charge is 2.06. The number of hydrogen-bond donors (Lipinski definition) is 0. The Morgan fingerprint density at radius 1 is 1.28 bits per heavy atom. The molecule has 2 nitrogen and oxygen atoms in total. The highest BCUT2D eigenvalue weighted by atomic mass is 35.5. The van der Waals surface area contributed by atoms with E-state index >= 15 is 0 Å². The van der Waals surface area contributed by atoms with Gasteiger partial charge < -0.3 is 4.74 Å². The third-order valence-electron chi connectivity index (χ3n) is 2.55. The molecule has 1 heterocycles. The molecule has 0 N–H and O–H groups in total. The second-order valence-electron chi connectivity index (χ2n) is 4.40. The minimum absolute atomic E-state index is 0.157. The summed E-state index contributed by atoms with van der Waals surface area (Å²) in [5.41, 5.74) is 1.84. The van der Waals surface area contributed by atoms with Gasteiger partial charge in [0.05, 0.1) is 11.6 Å². The SMILES string of the molecule is CC(C)Oc1ccc2nc(Cl)c(CCCl)cc2c1.